The van der Waals surface area contributed by atoms with Crippen LogP contribution in [0.3, 0.4) is 0 Å². The highest BCUT2D eigenvalue weighted by Crippen LogP contribution is 2.43. The number of nitrogens with one attached hydrogen (secondary N) is 2. The number of aliphatic hydroxyl groups is 1. The number of ether oxygens (including phenoxy) is 3. The van der Waals surface area contributed by atoms with Crippen LogP contribution in [-0.4, -0.2) is 55.5 Å². The number of carbonyl (C=O) groups is 1. The number of nitrogens with zero attached hydrogens (tertiary/aromatic N) is 1. The summed E-state index contributed by atoms with van der Waals surface area (Å²) >= 11 is 3.40. The quantitative estimate of drug-likeness (QED) is 0.193. The predicted octanol–water partition coefficient (Wildman–Crippen LogP) is 4.90. The van der Waals surface area contributed by atoms with Crippen LogP contribution in [0.25, 0.3) is 0 Å². The van der Waals surface area contributed by atoms with Gasteiger partial charge in [-0.05, 0) is 59.7 Å². The molecule has 12 heteroatoms. The highest BCUT2D eigenvalue weighted by Gasteiger charge is 2.53. The summed E-state index contributed by atoms with van der Waals surface area (Å²) in [7, 11) is 1.50. The predicted molar refractivity (Wildman–Crippen MR) is 150 cm³/mol. The number of alkyl halides is 3. The number of benzene rings is 3. The summed E-state index contributed by atoms with van der Waals surface area (Å²) in [5.41, 5.74) is 4.32. The molecule has 0 bridgehead atoms. The van der Waals surface area contributed by atoms with Crippen molar-refractivity contribution < 1.29 is 37.3 Å². The van der Waals surface area contributed by atoms with Crippen molar-refractivity contribution in [2.75, 3.05) is 26.9 Å². The van der Waals surface area contributed by atoms with Gasteiger partial charge in [-0.2, -0.15) is 13.2 Å². The van der Waals surface area contributed by atoms with Gasteiger partial charge in [0, 0.05) is 29.5 Å². The van der Waals surface area contributed by atoms with Crippen LogP contribution in [-0.2, 0) is 16.0 Å². The van der Waals surface area contributed by atoms with Gasteiger partial charge in [0.1, 0.15) is 18.0 Å². The normalized spacial score (nSPS) is 18.4. The maximum absolute atomic E-state index is 13.8. The molecular formula is C29H29BrF3N3O5. The first-order chi connectivity index (χ1) is 19.6. The molecule has 2 atom stereocenters. The van der Waals surface area contributed by atoms with Crippen LogP contribution < -0.4 is 20.3 Å². The van der Waals surface area contributed by atoms with E-state index < -0.39 is 30.3 Å². The van der Waals surface area contributed by atoms with Gasteiger partial charge in [-0.3, -0.25) is 10.2 Å². The fourth-order valence-electron chi connectivity index (χ4n) is 4.33. The molecule has 0 aromatic heterocycles. The fourth-order valence-corrected chi connectivity index (χ4v) is 4.60. The summed E-state index contributed by atoms with van der Waals surface area (Å²) in [5.74, 6) is 0.427. The average Bonchev–Trinajstić information content (AvgIpc) is 3.34. The van der Waals surface area contributed by atoms with Gasteiger partial charge >= 0.3 is 6.18 Å². The molecule has 218 valence electrons. The lowest BCUT2D eigenvalue weighted by Gasteiger charge is -2.31. The summed E-state index contributed by atoms with van der Waals surface area (Å²) in [6, 6.07) is 21.0. The first-order valence-corrected chi connectivity index (χ1v) is 13.5. The highest BCUT2D eigenvalue weighted by atomic mass is 79.9. The molecule has 3 aromatic rings. The lowest BCUT2D eigenvalue weighted by atomic mass is 9.82. The van der Waals surface area contributed by atoms with Crippen LogP contribution in [0.15, 0.2) is 82.3 Å². The molecule has 3 aromatic carbocycles. The van der Waals surface area contributed by atoms with Crippen molar-refractivity contribution >= 4 is 27.7 Å². The Morgan fingerprint density at radius 1 is 1.10 bits per heavy atom. The van der Waals surface area contributed by atoms with Gasteiger partial charge in [0.25, 0.3) is 5.91 Å². The Labute approximate surface area is 243 Å². The number of methoxy groups -OCH3 is 1. The Hall–Kier alpha value is -3.61. The van der Waals surface area contributed by atoms with Gasteiger partial charge in [0.05, 0.1) is 13.7 Å². The summed E-state index contributed by atoms with van der Waals surface area (Å²) in [4.78, 5) is 18.6. The average molecular weight is 636 g/mol. The zero-order valence-corrected chi connectivity index (χ0v) is 23.7. The lowest BCUT2D eigenvalue weighted by Crippen LogP contribution is -2.55. The largest absolute Gasteiger partial charge is 0.497 e. The van der Waals surface area contributed by atoms with Crippen LogP contribution in [0.5, 0.6) is 11.5 Å². The number of aliphatic imine (C=N–C) groups is 1. The molecular weight excluding hydrogens is 607 g/mol. The van der Waals surface area contributed by atoms with Gasteiger partial charge in [-0.15, -0.1) is 0 Å². The van der Waals surface area contributed by atoms with Crippen LogP contribution >= 0.6 is 15.9 Å². The number of halogens is 4. The van der Waals surface area contributed by atoms with E-state index in [1.54, 1.807) is 72.8 Å². The first kappa shape index (κ1) is 30.4. The maximum Gasteiger partial charge on any atom is 0.402 e. The number of aliphatic hydroxyl groups excluding tert-OH is 1. The van der Waals surface area contributed by atoms with E-state index in [1.165, 1.54) is 7.11 Å². The van der Waals surface area contributed by atoms with Crippen LogP contribution in [0.1, 0.15) is 29.2 Å². The molecule has 0 saturated heterocycles. The van der Waals surface area contributed by atoms with Crippen LogP contribution in [0, 0.1) is 0 Å². The Morgan fingerprint density at radius 3 is 2.49 bits per heavy atom. The number of amides is 1. The van der Waals surface area contributed by atoms with Crippen molar-refractivity contribution in [1.82, 2.24) is 10.9 Å². The van der Waals surface area contributed by atoms with Crippen molar-refractivity contribution in [3.63, 3.8) is 0 Å². The van der Waals surface area contributed by atoms with E-state index in [2.05, 4.69) is 21.4 Å². The zero-order chi connectivity index (χ0) is 29.5. The molecule has 0 unspecified atom stereocenters. The van der Waals surface area contributed by atoms with Crippen molar-refractivity contribution in [3.05, 3.63) is 94.0 Å². The maximum atomic E-state index is 13.8. The topological polar surface area (TPSA) is 101 Å². The van der Waals surface area contributed by atoms with E-state index in [-0.39, 0.29) is 18.9 Å². The van der Waals surface area contributed by atoms with Gasteiger partial charge in [0.2, 0.25) is 5.90 Å². The Bertz CT molecular complexity index is 1350. The molecule has 3 N–H and O–H groups in total. The van der Waals surface area contributed by atoms with Gasteiger partial charge in [-0.25, -0.2) is 10.4 Å². The molecule has 0 radical (unpaired) electrons. The summed E-state index contributed by atoms with van der Waals surface area (Å²) in [5, 5.41) is 8.98. The molecule has 1 aliphatic heterocycles. The monoisotopic (exact) mass is 635 g/mol. The lowest BCUT2D eigenvalue weighted by molar-refractivity contribution is -0.136. The SMILES string of the molecule is COc1cccc([C@@H]2OC(c3ccc(OCCCO)cc3)=N[C@]2(Cc2ccc(Br)cc2)C(=O)NNCC(F)(F)F)c1. The second-order valence-corrected chi connectivity index (χ2v) is 10.2. The number of rotatable bonds is 12. The Kier molecular flexibility index (Phi) is 9.90. The van der Waals surface area contributed by atoms with E-state index in [0.717, 1.165) is 4.47 Å². The van der Waals surface area contributed by atoms with Crippen molar-refractivity contribution in [3.8, 4) is 11.5 Å². The molecule has 4 rings (SSSR count). The van der Waals surface area contributed by atoms with Crippen molar-refractivity contribution in [2.45, 2.75) is 30.7 Å². The molecule has 1 amide bonds. The van der Waals surface area contributed by atoms with Gasteiger partial charge < -0.3 is 19.3 Å². The van der Waals surface area contributed by atoms with Crippen LogP contribution in [0.4, 0.5) is 13.2 Å². The second kappa shape index (κ2) is 13.4. The molecule has 0 spiro atoms. The van der Waals surface area contributed by atoms with Crippen LogP contribution in [0.2, 0.25) is 0 Å². The summed E-state index contributed by atoms with van der Waals surface area (Å²) in [6.45, 7) is -1.08. The highest BCUT2D eigenvalue weighted by molar-refractivity contribution is 9.10. The summed E-state index contributed by atoms with van der Waals surface area (Å²) < 4.78 is 56.8. The third kappa shape index (κ3) is 7.78. The molecule has 0 aliphatic carbocycles. The van der Waals surface area contributed by atoms with Crippen molar-refractivity contribution in [1.29, 1.82) is 0 Å². The molecule has 1 aliphatic rings. The minimum Gasteiger partial charge on any atom is -0.497 e. The van der Waals surface area contributed by atoms with Gasteiger partial charge in [-0.1, -0.05) is 40.2 Å². The Balaban J connectivity index is 1.77. The number of hydrogen-bond acceptors (Lipinski definition) is 7. The molecule has 8 nitrogen and oxygen atoms in total. The molecule has 0 fully saturated rings. The minimum atomic E-state index is -4.54. The Morgan fingerprint density at radius 2 is 1.83 bits per heavy atom. The smallest absolute Gasteiger partial charge is 0.402 e. The second-order valence-electron chi connectivity index (χ2n) is 9.29. The third-order valence-corrected chi connectivity index (χ3v) is 6.83. The first-order valence-electron chi connectivity index (χ1n) is 12.7. The van der Waals surface area contributed by atoms with Gasteiger partial charge in [0.15, 0.2) is 11.6 Å². The molecule has 1 heterocycles. The standard InChI is InChI=1S/C29H29BrF3N3O5/c1-39-24-5-2-4-21(16-24)25-28(17-19-6-10-22(30)11-7-19,27(38)36-34-18-29(31,32)33)35-26(41-25)20-8-12-23(13-9-20)40-15-3-14-37/h2,4-13,16,25,34,37H,3,14-15,17-18H2,1H3,(H,36,38)/t25-,28-/m0/s1. The van der Waals surface area contributed by atoms with E-state index >= 15 is 0 Å². The fraction of sp³-hybridized carbons (Fsp3) is 0.310. The zero-order valence-electron chi connectivity index (χ0n) is 22.1. The van der Waals surface area contributed by atoms with Crippen molar-refractivity contribution in [2.24, 2.45) is 4.99 Å². The number of carbonyl (C=O) groups excluding carboxylic acids is 1. The van der Waals surface area contributed by atoms with E-state index in [1.807, 2.05) is 5.43 Å². The number of hydrogen-bond donors (Lipinski definition) is 3. The summed E-state index contributed by atoms with van der Waals surface area (Å²) in [6.07, 6.45) is -5.05. The molecule has 0 saturated carbocycles. The van der Waals surface area contributed by atoms with E-state index in [0.29, 0.717) is 41.2 Å². The minimum absolute atomic E-state index is 0.00866. The third-order valence-electron chi connectivity index (χ3n) is 6.30. The molecule has 41 heavy (non-hydrogen) atoms. The van der Waals surface area contributed by atoms with E-state index in [9.17, 15) is 18.0 Å². The number of hydrazine groups is 1. The van der Waals surface area contributed by atoms with E-state index in [4.69, 9.17) is 24.3 Å².